The maximum atomic E-state index is 12.7. The standard InChI is InChI=1S/C53H82O9/c1-3-5-7-9-11-13-15-17-19-20-21-22-23-24-25-26-27-29-31-33-35-37-39-41-43-59-45-47(46-60-53-52(58)51(57)50(56)48(44-54)62-53)61-49(55)42-40-38-36-34-32-30-28-18-16-14-12-10-8-6-4-2/h5-8,11-14,17-19,21-22,24-25,27-29,32,34,38,40,47-48,50-54,56-58H,3-4,9-10,15-16,20,23,26,30-31,33,35-37,39,41-46H2,1-2H3/b7-5-,8-6-,13-11-,14-12-,19-17-,22-21-,25-24-,28-18-,29-27-,34-32-,40-38-. The summed E-state index contributed by atoms with van der Waals surface area (Å²) in [6.45, 7) is 4.12. The average molecular weight is 863 g/mol. The largest absolute Gasteiger partial charge is 0.457 e. The molecule has 0 aromatic rings. The van der Waals surface area contributed by atoms with Crippen molar-refractivity contribution in [2.24, 2.45) is 0 Å². The first-order chi connectivity index (χ1) is 30.4. The van der Waals surface area contributed by atoms with Gasteiger partial charge in [0, 0.05) is 6.61 Å². The fourth-order valence-corrected chi connectivity index (χ4v) is 6.04. The van der Waals surface area contributed by atoms with E-state index in [1.54, 1.807) is 6.08 Å². The van der Waals surface area contributed by atoms with Gasteiger partial charge in [0.05, 0.1) is 26.2 Å². The minimum atomic E-state index is -1.57. The van der Waals surface area contributed by atoms with Crippen LogP contribution in [0.5, 0.6) is 0 Å². The van der Waals surface area contributed by atoms with Crippen LogP contribution in [0.25, 0.3) is 0 Å². The SMILES string of the molecule is CC/C=C\C/C=C\C/C=C\C/C=C\C/C=C\C/C=C\CCCCCCCOCC(COC1OC(CO)C(O)C(O)C1O)OC(=O)C/C=C\C/C=C\C/C=C\C/C=C\C/C=C\CC. The minimum Gasteiger partial charge on any atom is -0.457 e. The van der Waals surface area contributed by atoms with Crippen molar-refractivity contribution in [2.75, 3.05) is 26.4 Å². The molecule has 62 heavy (non-hydrogen) atoms. The lowest BCUT2D eigenvalue weighted by atomic mass is 9.99. The molecule has 6 unspecified atom stereocenters. The molecular formula is C53H82O9. The Bertz CT molecular complexity index is 1400. The molecule has 1 saturated heterocycles. The van der Waals surface area contributed by atoms with E-state index in [0.717, 1.165) is 103 Å². The monoisotopic (exact) mass is 863 g/mol. The summed E-state index contributed by atoms with van der Waals surface area (Å²) in [4.78, 5) is 12.7. The van der Waals surface area contributed by atoms with Crippen LogP contribution >= 0.6 is 0 Å². The molecule has 1 fully saturated rings. The normalized spacial score (nSPS) is 21.0. The molecule has 1 heterocycles. The highest BCUT2D eigenvalue weighted by Gasteiger charge is 2.44. The fourth-order valence-electron chi connectivity index (χ4n) is 6.04. The molecule has 1 rings (SSSR count). The maximum absolute atomic E-state index is 12.7. The van der Waals surface area contributed by atoms with Crippen LogP contribution in [-0.2, 0) is 23.7 Å². The van der Waals surface area contributed by atoms with E-state index < -0.39 is 49.4 Å². The molecule has 6 atom stereocenters. The third kappa shape index (κ3) is 33.0. The van der Waals surface area contributed by atoms with Gasteiger partial charge in [0.1, 0.15) is 30.5 Å². The Morgan fingerprint density at radius 2 is 0.935 bits per heavy atom. The highest BCUT2D eigenvalue weighted by molar-refractivity contribution is 5.71. The highest BCUT2D eigenvalue weighted by atomic mass is 16.7. The van der Waals surface area contributed by atoms with Gasteiger partial charge < -0.3 is 39.4 Å². The van der Waals surface area contributed by atoms with Gasteiger partial charge in [-0.15, -0.1) is 0 Å². The summed E-state index contributed by atoms with van der Waals surface area (Å²) in [7, 11) is 0. The molecule has 9 heteroatoms. The van der Waals surface area contributed by atoms with E-state index in [9.17, 15) is 25.2 Å². The van der Waals surface area contributed by atoms with E-state index in [1.807, 2.05) is 6.08 Å². The van der Waals surface area contributed by atoms with E-state index in [4.69, 9.17) is 18.9 Å². The second-order valence-electron chi connectivity index (χ2n) is 15.1. The molecule has 0 aliphatic carbocycles. The molecule has 0 amide bonds. The van der Waals surface area contributed by atoms with E-state index in [0.29, 0.717) is 13.0 Å². The van der Waals surface area contributed by atoms with E-state index in [-0.39, 0.29) is 19.6 Å². The van der Waals surface area contributed by atoms with Crippen molar-refractivity contribution in [3.63, 3.8) is 0 Å². The van der Waals surface area contributed by atoms with Gasteiger partial charge >= 0.3 is 5.97 Å². The summed E-state index contributed by atoms with van der Waals surface area (Å²) in [5.41, 5.74) is 0. The van der Waals surface area contributed by atoms with Crippen LogP contribution < -0.4 is 0 Å². The Kier molecular flexibility index (Phi) is 38.7. The maximum Gasteiger partial charge on any atom is 0.310 e. The summed E-state index contributed by atoms with van der Waals surface area (Å²) < 4.78 is 22.7. The van der Waals surface area contributed by atoms with E-state index in [1.165, 1.54) is 0 Å². The van der Waals surface area contributed by atoms with Crippen LogP contribution in [0.2, 0.25) is 0 Å². The number of rotatable bonds is 37. The topological polar surface area (TPSA) is 135 Å². The number of hydrogen-bond donors (Lipinski definition) is 4. The summed E-state index contributed by atoms with van der Waals surface area (Å²) in [6.07, 6.45) is 56.5. The van der Waals surface area contributed by atoms with Gasteiger partial charge in [-0.3, -0.25) is 4.79 Å². The molecule has 1 aliphatic heterocycles. The first kappa shape index (κ1) is 56.3. The van der Waals surface area contributed by atoms with Crippen molar-refractivity contribution in [2.45, 2.75) is 166 Å². The fraction of sp³-hybridized carbons (Fsp3) is 0.566. The van der Waals surface area contributed by atoms with Gasteiger partial charge in [-0.1, -0.05) is 167 Å². The quantitative estimate of drug-likeness (QED) is 0.0273. The Morgan fingerprint density at radius 3 is 1.40 bits per heavy atom. The van der Waals surface area contributed by atoms with Crippen molar-refractivity contribution in [3.8, 4) is 0 Å². The first-order valence-electron chi connectivity index (χ1n) is 23.3. The van der Waals surface area contributed by atoms with Crippen LogP contribution in [0.15, 0.2) is 134 Å². The third-order valence-electron chi connectivity index (χ3n) is 9.59. The summed E-state index contributed by atoms with van der Waals surface area (Å²) >= 11 is 0. The van der Waals surface area contributed by atoms with Gasteiger partial charge in [0.2, 0.25) is 0 Å². The van der Waals surface area contributed by atoms with E-state index in [2.05, 4.69) is 135 Å². The van der Waals surface area contributed by atoms with Crippen molar-refractivity contribution in [3.05, 3.63) is 134 Å². The molecule has 4 N–H and O–H groups in total. The summed E-state index contributed by atoms with van der Waals surface area (Å²) in [6, 6.07) is 0. The van der Waals surface area contributed by atoms with Gasteiger partial charge in [-0.25, -0.2) is 0 Å². The van der Waals surface area contributed by atoms with Gasteiger partial charge in [0.15, 0.2) is 6.29 Å². The number of aliphatic hydroxyl groups excluding tert-OH is 4. The lowest BCUT2D eigenvalue weighted by Crippen LogP contribution is -2.59. The molecular weight excluding hydrogens is 781 g/mol. The molecule has 0 spiro atoms. The number of ether oxygens (including phenoxy) is 4. The van der Waals surface area contributed by atoms with Crippen molar-refractivity contribution < 1.29 is 44.2 Å². The zero-order valence-electron chi connectivity index (χ0n) is 38.1. The van der Waals surface area contributed by atoms with Crippen LogP contribution in [0.1, 0.15) is 129 Å². The number of aliphatic hydroxyl groups is 4. The molecule has 1 aliphatic rings. The van der Waals surface area contributed by atoms with Crippen molar-refractivity contribution >= 4 is 5.97 Å². The second kappa shape index (κ2) is 42.6. The second-order valence-corrected chi connectivity index (χ2v) is 15.1. The molecule has 0 bridgehead atoms. The van der Waals surface area contributed by atoms with Crippen LogP contribution in [0.4, 0.5) is 0 Å². The van der Waals surface area contributed by atoms with Gasteiger partial charge in [-0.2, -0.15) is 0 Å². The Morgan fingerprint density at radius 1 is 0.516 bits per heavy atom. The van der Waals surface area contributed by atoms with E-state index >= 15 is 0 Å². The summed E-state index contributed by atoms with van der Waals surface area (Å²) in [5, 5.41) is 40.1. The molecule has 9 nitrogen and oxygen atoms in total. The summed E-state index contributed by atoms with van der Waals surface area (Å²) in [5.74, 6) is -0.454. The predicted molar refractivity (Wildman–Crippen MR) is 255 cm³/mol. The van der Waals surface area contributed by atoms with Crippen LogP contribution in [0.3, 0.4) is 0 Å². The molecule has 0 radical (unpaired) electrons. The molecule has 0 aromatic heterocycles. The van der Waals surface area contributed by atoms with Crippen LogP contribution in [-0.4, -0.2) is 89.6 Å². The Hall–Kier alpha value is -3.67. The number of carbonyl (C=O) groups is 1. The van der Waals surface area contributed by atoms with Gasteiger partial charge in [0.25, 0.3) is 0 Å². The molecule has 0 saturated carbocycles. The predicted octanol–water partition coefficient (Wildman–Crippen LogP) is 10.9. The van der Waals surface area contributed by atoms with Gasteiger partial charge in [-0.05, 0) is 89.9 Å². The van der Waals surface area contributed by atoms with Crippen LogP contribution in [0, 0.1) is 0 Å². The first-order valence-corrected chi connectivity index (χ1v) is 23.3. The molecule has 348 valence electrons. The molecule has 0 aromatic carbocycles. The number of carbonyl (C=O) groups excluding carboxylic acids is 1. The lowest BCUT2D eigenvalue weighted by Gasteiger charge is -2.39. The zero-order valence-corrected chi connectivity index (χ0v) is 38.1. The number of unbranched alkanes of at least 4 members (excludes halogenated alkanes) is 5. The smallest absolute Gasteiger partial charge is 0.310 e. The van der Waals surface area contributed by atoms with Crippen molar-refractivity contribution in [1.82, 2.24) is 0 Å². The highest BCUT2D eigenvalue weighted by Crippen LogP contribution is 2.22. The third-order valence-corrected chi connectivity index (χ3v) is 9.59. The average Bonchev–Trinajstić information content (AvgIpc) is 3.27. The van der Waals surface area contributed by atoms with Crippen molar-refractivity contribution in [1.29, 1.82) is 0 Å². The Balaban J connectivity index is 2.32. The zero-order chi connectivity index (χ0) is 45.0. The lowest BCUT2D eigenvalue weighted by molar-refractivity contribution is -0.305. The number of esters is 1. The minimum absolute atomic E-state index is 0.0721. The number of hydrogen-bond acceptors (Lipinski definition) is 9. The Labute approximate surface area is 375 Å². The number of allylic oxidation sites excluding steroid dienone is 21.